The lowest BCUT2D eigenvalue weighted by Gasteiger charge is -2.40. The standard InChI is InChI=1S/C21H24ClNO4/c1-15(24)23-19-18(25-12-16-8-4-2-5-9-16)14-27-21(22)20(19)26-13-17-10-6-3-7-11-17/h2-11,18-21H,12-14H2,1H3,(H,23,24)/t18-,19-,20+,21+/m1/s1. The highest BCUT2D eigenvalue weighted by molar-refractivity contribution is 6.20. The highest BCUT2D eigenvalue weighted by atomic mass is 35.5. The summed E-state index contributed by atoms with van der Waals surface area (Å²) in [6.45, 7) is 2.56. The molecule has 0 aromatic heterocycles. The van der Waals surface area contributed by atoms with Gasteiger partial charge in [0.1, 0.15) is 12.2 Å². The minimum absolute atomic E-state index is 0.160. The van der Waals surface area contributed by atoms with Gasteiger partial charge in [0.05, 0.1) is 25.9 Å². The van der Waals surface area contributed by atoms with Crippen molar-refractivity contribution in [2.75, 3.05) is 6.61 Å². The van der Waals surface area contributed by atoms with Crippen molar-refractivity contribution in [1.29, 1.82) is 0 Å². The van der Waals surface area contributed by atoms with Crippen LogP contribution >= 0.6 is 11.6 Å². The van der Waals surface area contributed by atoms with Gasteiger partial charge in [-0.2, -0.15) is 0 Å². The van der Waals surface area contributed by atoms with Gasteiger partial charge in [0.25, 0.3) is 0 Å². The van der Waals surface area contributed by atoms with Crippen LogP contribution in [-0.2, 0) is 32.2 Å². The molecule has 0 bridgehead atoms. The van der Waals surface area contributed by atoms with Crippen LogP contribution in [0.25, 0.3) is 0 Å². The molecule has 0 unspecified atom stereocenters. The molecule has 1 aliphatic heterocycles. The van der Waals surface area contributed by atoms with E-state index >= 15 is 0 Å². The summed E-state index contributed by atoms with van der Waals surface area (Å²) in [5, 5.41) is 2.93. The molecule has 1 fully saturated rings. The topological polar surface area (TPSA) is 56.8 Å². The van der Waals surface area contributed by atoms with Crippen LogP contribution in [0.5, 0.6) is 0 Å². The second kappa shape index (κ2) is 9.85. The third-order valence-corrected chi connectivity index (χ3v) is 4.77. The molecule has 2 aromatic carbocycles. The highest BCUT2D eigenvalue weighted by Gasteiger charge is 2.41. The van der Waals surface area contributed by atoms with E-state index in [9.17, 15) is 4.79 Å². The average molecular weight is 390 g/mol. The van der Waals surface area contributed by atoms with E-state index in [1.807, 2.05) is 60.7 Å². The van der Waals surface area contributed by atoms with Crippen LogP contribution in [0, 0.1) is 0 Å². The number of alkyl halides is 1. The highest BCUT2D eigenvalue weighted by Crippen LogP contribution is 2.25. The predicted molar refractivity (Wildman–Crippen MR) is 103 cm³/mol. The molecule has 3 rings (SSSR count). The number of carbonyl (C=O) groups excluding carboxylic acids is 1. The van der Waals surface area contributed by atoms with E-state index in [0.717, 1.165) is 11.1 Å². The molecule has 1 aliphatic rings. The number of halogens is 1. The van der Waals surface area contributed by atoms with Crippen LogP contribution in [0.4, 0.5) is 0 Å². The lowest BCUT2D eigenvalue weighted by molar-refractivity contribution is -0.163. The maximum absolute atomic E-state index is 11.8. The van der Waals surface area contributed by atoms with E-state index in [-0.39, 0.29) is 18.6 Å². The van der Waals surface area contributed by atoms with Gasteiger partial charge in [0, 0.05) is 6.92 Å². The number of hydrogen-bond donors (Lipinski definition) is 1. The molecule has 144 valence electrons. The van der Waals surface area contributed by atoms with Crippen LogP contribution in [-0.4, -0.2) is 36.3 Å². The smallest absolute Gasteiger partial charge is 0.217 e. The zero-order chi connectivity index (χ0) is 19.1. The normalized spacial score (nSPS) is 25.1. The minimum Gasteiger partial charge on any atom is -0.369 e. The number of amides is 1. The number of nitrogens with one attached hydrogen (secondary N) is 1. The Morgan fingerprint density at radius 1 is 1.04 bits per heavy atom. The Kier molecular flexibility index (Phi) is 7.24. The van der Waals surface area contributed by atoms with Crippen molar-refractivity contribution in [1.82, 2.24) is 5.32 Å². The van der Waals surface area contributed by atoms with Crippen molar-refractivity contribution in [2.45, 2.75) is 44.0 Å². The van der Waals surface area contributed by atoms with E-state index in [1.54, 1.807) is 0 Å². The fraction of sp³-hybridized carbons (Fsp3) is 0.381. The minimum atomic E-state index is -0.665. The van der Waals surface area contributed by atoms with Crippen molar-refractivity contribution in [2.24, 2.45) is 0 Å². The number of rotatable bonds is 7. The number of hydrogen-bond acceptors (Lipinski definition) is 4. The molecular weight excluding hydrogens is 366 g/mol. The molecular formula is C21H24ClNO4. The Hall–Kier alpha value is -1.92. The molecule has 27 heavy (non-hydrogen) atoms. The van der Waals surface area contributed by atoms with E-state index in [4.69, 9.17) is 25.8 Å². The first kappa shape index (κ1) is 19.8. The Balaban J connectivity index is 1.68. The second-order valence-corrected chi connectivity index (χ2v) is 6.94. The summed E-state index contributed by atoms with van der Waals surface area (Å²) in [6, 6.07) is 19.3. The predicted octanol–water partition coefficient (Wildman–Crippen LogP) is 3.26. The van der Waals surface area contributed by atoms with Crippen LogP contribution in [0.15, 0.2) is 60.7 Å². The first-order chi connectivity index (χ1) is 13.1. The Bertz CT molecular complexity index is 713. The zero-order valence-corrected chi connectivity index (χ0v) is 16.0. The molecule has 2 aromatic rings. The second-order valence-electron chi connectivity index (χ2n) is 6.51. The molecule has 0 saturated carbocycles. The molecule has 1 N–H and O–H groups in total. The van der Waals surface area contributed by atoms with E-state index in [0.29, 0.717) is 13.2 Å². The summed E-state index contributed by atoms with van der Waals surface area (Å²) in [4.78, 5) is 11.8. The van der Waals surface area contributed by atoms with Crippen LogP contribution in [0.3, 0.4) is 0 Å². The lowest BCUT2D eigenvalue weighted by Crippen LogP contribution is -2.60. The molecule has 0 radical (unpaired) electrons. The van der Waals surface area contributed by atoms with Crippen molar-refractivity contribution >= 4 is 17.5 Å². The van der Waals surface area contributed by atoms with Crippen molar-refractivity contribution < 1.29 is 19.0 Å². The largest absolute Gasteiger partial charge is 0.369 e. The average Bonchev–Trinajstić information content (AvgIpc) is 2.68. The quantitative estimate of drug-likeness (QED) is 0.738. The molecule has 1 saturated heterocycles. The van der Waals surface area contributed by atoms with Crippen LogP contribution in [0.1, 0.15) is 18.1 Å². The van der Waals surface area contributed by atoms with Crippen LogP contribution < -0.4 is 5.32 Å². The van der Waals surface area contributed by atoms with Gasteiger partial charge in [-0.1, -0.05) is 72.3 Å². The van der Waals surface area contributed by atoms with E-state index < -0.39 is 17.7 Å². The van der Waals surface area contributed by atoms with E-state index in [2.05, 4.69) is 5.32 Å². The van der Waals surface area contributed by atoms with E-state index in [1.165, 1.54) is 6.92 Å². The monoisotopic (exact) mass is 389 g/mol. The zero-order valence-electron chi connectivity index (χ0n) is 15.2. The molecule has 0 aliphatic carbocycles. The Morgan fingerprint density at radius 3 is 2.15 bits per heavy atom. The number of carbonyl (C=O) groups is 1. The van der Waals surface area contributed by atoms with Gasteiger partial charge in [-0.05, 0) is 11.1 Å². The number of ether oxygens (including phenoxy) is 3. The molecule has 1 heterocycles. The van der Waals surface area contributed by atoms with Gasteiger partial charge in [-0.3, -0.25) is 4.79 Å². The van der Waals surface area contributed by atoms with Gasteiger partial charge < -0.3 is 19.5 Å². The third kappa shape index (κ3) is 5.78. The molecule has 5 nitrogen and oxygen atoms in total. The summed E-state index contributed by atoms with van der Waals surface area (Å²) in [6.07, 6.45) is -0.879. The summed E-state index contributed by atoms with van der Waals surface area (Å²) in [5.74, 6) is -0.160. The number of benzene rings is 2. The van der Waals surface area contributed by atoms with Crippen molar-refractivity contribution in [3.63, 3.8) is 0 Å². The first-order valence-electron chi connectivity index (χ1n) is 8.97. The summed E-state index contributed by atoms with van der Waals surface area (Å²) >= 11 is 6.36. The van der Waals surface area contributed by atoms with Gasteiger partial charge in [0.2, 0.25) is 5.91 Å². The third-order valence-electron chi connectivity index (χ3n) is 4.39. The van der Waals surface area contributed by atoms with Gasteiger partial charge in [-0.15, -0.1) is 0 Å². The van der Waals surface area contributed by atoms with Gasteiger partial charge in [0.15, 0.2) is 5.56 Å². The summed E-state index contributed by atoms with van der Waals surface area (Å²) in [7, 11) is 0. The molecule has 4 atom stereocenters. The maximum atomic E-state index is 11.8. The fourth-order valence-corrected chi connectivity index (χ4v) is 3.35. The molecule has 1 amide bonds. The maximum Gasteiger partial charge on any atom is 0.217 e. The fourth-order valence-electron chi connectivity index (χ4n) is 3.04. The van der Waals surface area contributed by atoms with Crippen LogP contribution in [0.2, 0.25) is 0 Å². The van der Waals surface area contributed by atoms with Gasteiger partial charge >= 0.3 is 0 Å². The van der Waals surface area contributed by atoms with Crippen molar-refractivity contribution in [3.05, 3.63) is 71.8 Å². The summed E-state index contributed by atoms with van der Waals surface area (Å²) < 4.78 is 17.7. The van der Waals surface area contributed by atoms with Gasteiger partial charge in [-0.25, -0.2) is 0 Å². The summed E-state index contributed by atoms with van der Waals surface area (Å²) in [5.41, 5.74) is 1.41. The first-order valence-corrected chi connectivity index (χ1v) is 9.41. The molecule has 6 heteroatoms. The molecule has 0 spiro atoms. The van der Waals surface area contributed by atoms with Crippen molar-refractivity contribution in [3.8, 4) is 0 Å². The SMILES string of the molecule is CC(=O)N[C@H]1[C@H](OCc2ccccc2)[C@@H](Cl)OC[C@H]1OCc1ccccc1. The lowest BCUT2D eigenvalue weighted by atomic mass is 10.0. The Morgan fingerprint density at radius 2 is 1.59 bits per heavy atom. The Labute approximate surface area is 164 Å².